The Labute approximate surface area is 179 Å². The number of aliphatic hydroxyl groups is 1. The molecule has 4 nitrogen and oxygen atoms in total. The summed E-state index contributed by atoms with van der Waals surface area (Å²) in [5.74, 6) is 0. The zero-order valence-electron chi connectivity index (χ0n) is 18.3. The lowest BCUT2D eigenvalue weighted by Gasteiger charge is -2.51. The number of piperidine rings is 2. The summed E-state index contributed by atoms with van der Waals surface area (Å²) in [7, 11) is 0. The highest BCUT2D eigenvalue weighted by Crippen LogP contribution is 2.41. The molecule has 4 rings (SSSR count). The van der Waals surface area contributed by atoms with Crippen molar-refractivity contribution in [1.29, 1.82) is 0 Å². The van der Waals surface area contributed by atoms with E-state index in [9.17, 15) is 9.90 Å². The van der Waals surface area contributed by atoms with Gasteiger partial charge in [-0.2, -0.15) is 0 Å². The third-order valence-electron chi connectivity index (χ3n) is 6.29. The Morgan fingerprint density at radius 1 is 1.00 bits per heavy atom. The molecule has 2 saturated heterocycles. The van der Waals surface area contributed by atoms with E-state index in [0.717, 1.165) is 24.8 Å². The highest BCUT2D eigenvalue weighted by atomic mass is 16.6. The van der Waals surface area contributed by atoms with Crippen LogP contribution in [0.1, 0.15) is 58.4 Å². The van der Waals surface area contributed by atoms with Crippen molar-refractivity contribution >= 4 is 6.09 Å². The lowest BCUT2D eigenvalue weighted by Crippen LogP contribution is -2.61. The molecule has 1 amide bonds. The molecule has 1 N–H and O–H groups in total. The van der Waals surface area contributed by atoms with Crippen molar-refractivity contribution in [3.8, 4) is 11.1 Å². The van der Waals surface area contributed by atoms with Crippen molar-refractivity contribution in [2.75, 3.05) is 0 Å². The van der Waals surface area contributed by atoms with Crippen LogP contribution in [0.15, 0.2) is 54.6 Å². The SMILES string of the molecule is CC(C)(C)OC(=O)N1C2CCCC1CC(O)(Cc1ccc(-c3ccccc3)cc1)C2. The molecule has 2 bridgehead atoms. The van der Waals surface area contributed by atoms with Gasteiger partial charge in [-0.3, -0.25) is 0 Å². The van der Waals surface area contributed by atoms with Gasteiger partial charge in [0.25, 0.3) is 0 Å². The smallest absolute Gasteiger partial charge is 0.410 e. The number of hydrogen-bond donors (Lipinski definition) is 1. The van der Waals surface area contributed by atoms with Crippen LogP contribution in [0.25, 0.3) is 11.1 Å². The van der Waals surface area contributed by atoms with E-state index in [-0.39, 0.29) is 18.2 Å². The summed E-state index contributed by atoms with van der Waals surface area (Å²) in [6.07, 6.45) is 4.60. The van der Waals surface area contributed by atoms with Crippen LogP contribution in [-0.2, 0) is 11.2 Å². The third-order valence-corrected chi connectivity index (χ3v) is 6.29. The topological polar surface area (TPSA) is 49.8 Å². The molecule has 2 heterocycles. The molecule has 160 valence electrons. The van der Waals surface area contributed by atoms with Gasteiger partial charge in [0.1, 0.15) is 5.60 Å². The second-order valence-corrected chi connectivity index (χ2v) is 10.00. The van der Waals surface area contributed by atoms with Crippen LogP contribution in [-0.4, -0.2) is 39.4 Å². The van der Waals surface area contributed by atoms with Gasteiger partial charge < -0.3 is 14.7 Å². The number of nitrogens with zero attached hydrogens (tertiary/aromatic N) is 1. The maximum absolute atomic E-state index is 12.8. The van der Waals surface area contributed by atoms with Crippen molar-refractivity contribution in [2.24, 2.45) is 0 Å². The Balaban J connectivity index is 1.46. The minimum Gasteiger partial charge on any atom is -0.444 e. The first-order valence-corrected chi connectivity index (χ1v) is 11.1. The molecule has 2 aliphatic rings. The first-order chi connectivity index (χ1) is 14.2. The molecule has 2 aromatic carbocycles. The monoisotopic (exact) mass is 407 g/mol. The molecule has 2 fully saturated rings. The molecule has 0 spiro atoms. The second-order valence-electron chi connectivity index (χ2n) is 10.00. The summed E-state index contributed by atoms with van der Waals surface area (Å²) in [6, 6.07) is 18.9. The van der Waals surface area contributed by atoms with E-state index in [1.807, 2.05) is 43.9 Å². The fourth-order valence-electron chi connectivity index (χ4n) is 5.11. The Kier molecular flexibility index (Phi) is 5.63. The molecule has 2 unspecified atom stereocenters. The molecule has 0 saturated carbocycles. The predicted molar refractivity (Wildman–Crippen MR) is 119 cm³/mol. The maximum atomic E-state index is 12.8. The van der Waals surface area contributed by atoms with Gasteiger partial charge in [0.15, 0.2) is 0 Å². The fourth-order valence-corrected chi connectivity index (χ4v) is 5.11. The van der Waals surface area contributed by atoms with Crippen LogP contribution in [0.3, 0.4) is 0 Å². The zero-order chi connectivity index (χ0) is 21.4. The van der Waals surface area contributed by atoms with Gasteiger partial charge in [-0.05, 0) is 69.6 Å². The number of carbonyl (C=O) groups excluding carboxylic acids is 1. The number of carbonyl (C=O) groups is 1. The van der Waals surface area contributed by atoms with E-state index >= 15 is 0 Å². The van der Waals surface area contributed by atoms with Gasteiger partial charge in [0.2, 0.25) is 0 Å². The predicted octanol–water partition coefficient (Wildman–Crippen LogP) is 5.58. The lowest BCUT2D eigenvalue weighted by molar-refractivity contribution is -0.0919. The number of hydrogen-bond acceptors (Lipinski definition) is 3. The highest BCUT2D eigenvalue weighted by Gasteiger charge is 2.48. The number of ether oxygens (including phenoxy) is 1. The summed E-state index contributed by atoms with van der Waals surface area (Å²) in [4.78, 5) is 14.7. The molecule has 0 aliphatic carbocycles. The quantitative estimate of drug-likeness (QED) is 0.723. The molecule has 2 atom stereocenters. The summed E-state index contributed by atoms with van der Waals surface area (Å²) >= 11 is 0. The van der Waals surface area contributed by atoms with Crippen LogP contribution in [0.2, 0.25) is 0 Å². The lowest BCUT2D eigenvalue weighted by atomic mass is 9.73. The van der Waals surface area contributed by atoms with E-state index in [1.54, 1.807) is 0 Å². The first kappa shape index (κ1) is 20.9. The molecule has 2 aromatic rings. The fraction of sp³-hybridized carbons (Fsp3) is 0.500. The van der Waals surface area contributed by atoms with E-state index in [2.05, 4.69) is 36.4 Å². The number of rotatable bonds is 3. The van der Waals surface area contributed by atoms with Crippen LogP contribution in [0.4, 0.5) is 4.79 Å². The van der Waals surface area contributed by atoms with Gasteiger partial charge in [0.05, 0.1) is 5.60 Å². The normalized spacial score (nSPS) is 26.3. The van der Waals surface area contributed by atoms with E-state index in [4.69, 9.17) is 4.74 Å². The van der Waals surface area contributed by atoms with Gasteiger partial charge in [0, 0.05) is 18.5 Å². The molecular weight excluding hydrogens is 374 g/mol. The van der Waals surface area contributed by atoms with E-state index in [1.165, 1.54) is 11.1 Å². The third kappa shape index (κ3) is 4.70. The zero-order valence-corrected chi connectivity index (χ0v) is 18.3. The largest absolute Gasteiger partial charge is 0.444 e. The molecule has 30 heavy (non-hydrogen) atoms. The van der Waals surface area contributed by atoms with Crippen molar-refractivity contribution in [2.45, 2.75) is 82.6 Å². The summed E-state index contributed by atoms with van der Waals surface area (Å²) in [6.45, 7) is 5.71. The molecule has 4 heteroatoms. The molecule has 2 aliphatic heterocycles. The van der Waals surface area contributed by atoms with E-state index < -0.39 is 11.2 Å². The van der Waals surface area contributed by atoms with E-state index in [0.29, 0.717) is 19.3 Å². The van der Waals surface area contributed by atoms with Gasteiger partial charge in [-0.1, -0.05) is 54.6 Å². The Hall–Kier alpha value is -2.33. The minimum absolute atomic E-state index is 0.0564. The molecule has 0 aromatic heterocycles. The highest BCUT2D eigenvalue weighted by molar-refractivity contribution is 5.69. The van der Waals surface area contributed by atoms with Crippen LogP contribution < -0.4 is 0 Å². The summed E-state index contributed by atoms with van der Waals surface area (Å²) in [5.41, 5.74) is 2.24. The number of benzene rings is 2. The second kappa shape index (κ2) is 8.07. The van der Waals surface area contributed by atoms with Crippen molar-refractivity contribution in [3.05, 3.63) is 60.2 Å². The summed E-state index contributed by atoms with van der Waals surface area (Å²) in [5, 5.41) is 11.5. The first-order valence-electron chi connectivity index (χ1n) is 11.1. The number of amides is 1. The minimum atomic E-state index is -0.775. The van der Waals surface area contributed by atoms with Crippen LogP contribution in [0.5, 0.6) is 0 Å². The molecular formula is C26H33NO3. The maximum Gasteiger partial charge on any atom is 0.410 e. The molecule has 0 radical (unpaired) electrons. The average molecular weight is 408 g/mol. The summed E-state index contributed by atoms with van der Waals surface area (Å²) < 4.78 is 5.66. The standard InChI is InChI=1S/C26H33NO3/c1-25(2,3)30-24(28)27-22-10-7-11-23(27)18-26(29,17-22)16-19-12-14-21(15-13-19)20-8-5-4-6-9-20/h4-6,8-9,12-15,22-23,29H,7,10-11,16-18H2,1-3H3. The number of fused-ring (bicyclic) bond motifs is 2. The van der Waals surface area contributed by atoms with Crippen molar-refractivity contribution in [3.63, 3.8) is 0 Å². The Morgan fingerprint density at radius 3 is 2.13 bits per heavy atom. The van der Waals surface area contributed by atoms with Crippen LogP contribution >= 0.6 is 0 Å². The van der Waals surface area contributed by atoms with Crippen molar-refractivity contribution in [1.82, 2.24) is 4.90 Å². The van der Waals surface area contributed by atoms with Gasteiger partial charge in [-0.15, -0.1) is 0 Å². The Bertz CT molecular complexity index is 855. The average Bonchev–Trinajstić information content (AvgIpc) is 2.67. The Morgan fingerprint density at radius 2 is 1.57 bits per heavy atom. The van der Waals surface area contributed by atoms with Crippen molar-refractivity contribution < 1.29 is 14.6 Å². The van der Waals surface area contributed by atoms with Crippen LogP contribution in [0, 0.1) is 0 Å². The van der Waals surface area contributed by atoms with Gasteiger partial charge in [-0.25, -0.2) is 4.79 Å². The van der Waals surface area contributed by atoms with Gasteiger partial charge >= 0.3 is 6.09 Å².